The van der Waals surface area contributed by atoms with Gasteiger partial charge in [-0.1, -0.05) is 47.5 Å². The lowest BCUT2D eigenvalue weighted by atomic mass is 9.78. The first-order chi connectivity index (χ1) is 17.9. The second-order valence-corrected chi connectivity index (χ2v) is 13.4. The first-order valence-corrected chi connectivity index (χ1v) is 13.8. The van der Waals surface area contributed by atoms with Gasteiger partial charge >= 0.3 is 7.82 Å². The Kier molecular flexibility index (Phi) is 7.43. The molecule has 3 aliphatic rings. The molecule has 5 atom stereocenters. The lowest BCUT2D eigenvalue weighted by molar-refractivity contribution is -0.211. The number of benzene rings is 1. The summed E-state index contributed by atoms with van der Waals surface area (Å²) in [6.07, 6.45) is 1.08. The third-order valence-electron chi connectivity index (χ3n) is 6.62. The van der Waals surface area contributed by atoms with Gasteiger partial charge in [-0.2, -0.15) is 0 Å². The third-order valence-corrected chi connectivity index (χ3v) is 7.92. The van der Waals surface area contributed by atoms with E-state index in [0.29, 0.717) is 11.1 Å². The molecule has 2 unspecified atom stereocenters. The molecule has 214 valence electrons. The normalized spacial score (nSPS) is 31.2. The van der Waals surface area contributed by atoms with Crippen molar-refractivity contribution in [2.75, 3.05) is 6.61 Å². The molecule has 1 amide bonds. The van der Waals surface area contributed by atoms with Crippen LogP contribution in [-0.4, -0.2) is 52.2 Å². The monoisotopic (exact) mass is 570 g/mol. The van der Waals surface area contributed by atoms with Crippen LogP contribution in [0.15, 0.2) is 17.8 Å². The quantitative estimate of drug-likeness (QED) is 0.369. The minimum Gasteiger partial charge on any atom is -0.403 e. The number of aliphatic hydroxyl groups is 2. The number of rotatable bonds is 4. The smallest absolute Gasteiger partial charge is 0.403 e. The fraction of sp³-hybridized carbons (Fsp3) is 0.577. The highest BCUT2D eigenvalue weighted by atomic mass is 31.2. The van der Waals surface area contributed by atoms with E-state index in [9.17, 15) is 19.6 Å². The molecular formula is C26H33F2N2O8P. The number of hydrogen-bond acceptors (Lipinski definition) is 9. The summed E-state index contributed by atoms with van der Waals surface area (Å²) in [7, 11) is -4.45. The summed E-state index contributed by atoms with van der Waals surface area (Å²) < 4.78 is 66.0. The van der Waals surface area contributed by atoms with Crippen molar-refractivity contribution in [1.82, 2.24) is 10.2 Å². The predicted molar refractivity (Wildman–Crippen MR) is 135 cm³/mol. The minimum absolute atomic E-state index is 0.0138. The van der Waals surface area contributed by atoms with E-state index in [4.69, 9.17) is 24.7 Å². The number of hydrogen-bond donors (Lipinski definition) is 3. The fourth-order valence-electron chi connectivity index (χ4n) is 4.53. The molecule has 13 heteroatoms. The number of alkyl halides is 1. The van der Waals surface area contributed by atoms with Gasteiger partial charge in [-0.05, 0) is 22.5 Å². The molecule has 0 saturated carbocycles. The molecule has 0 spiro atoms. The van der Waals surface area contributed by atoms with Gasteiger partial charge in [0.1, 0.15) is 29.9 Å². The highest BCUT2D eigenvalue weighted by Crippen LogP contribution is 2.58. The lowest BCUT2D eigenvalue weighted by Gasteiger charge is -2.36. The number of halogens is 2. The number of amides is 1. The Balaban J connectivity index is 1.55. The van der Waals surface area contributed by atoms with Gasteiger partial charge in [-0.25, -0.2) is 13.3 Å². The number of carbonyl (C=O) groups excluding carboxylic acids is 1. The van der Waals surface area contributed by atoms with Gasteiger partial charge in [0.2, 0.25) is 12.2 Å². The fourth-order valence-corrected chi connectivity index (χ4v) is 5.78. The number of carbonyl (C=O) groups is 1. The zero-order chi connectivity index (χ0) is 29.1. The van der Waals surface area contributed by atoms with E-state index in [2.05, 4.69) is 11.2 Å². The predicted octanol–water partition coefficient (Wildman–Crippen LogP) is 3.45. The van der Waals surface area contributed by atoms with Crippen LogP contribution in [0, 0.1) is 18.2 Å². The molecule has 0 aliphatic carbocycles. The van der Waals surface area contributed by atoms with Crippen molar-refractivity contribution < 1.29 is 46.7 Å². The summed E-state index contributed by atoms with van der Waals surface area (Å²) >= 11 is 0. The number of ether oxygens (including phenoxy) is 1. The molecular weight excluding hydrogens is 537 g/mol. The number of nitrogens with one attached hydrogen (secondary N) is 1. The van der Waals surface area contributed by atoms with Crippen molar-refractivity contribution in [3.8, 4) is 18.1 Å². The molecule has 1 fully saturated rings. The van der Waals surface area contributed by atoms with E-state index in [0.717, 1.165) is 11.1 Å². The van der Waals surface area contributed by atoms with Crippen molar-refractivity contribution >= 4 is 13.7 Å². The zero-order valence-corrected chi connectivity index (χ0v) is 23.5. The molecule has 3 heterocycles. The summed E-state index contributed by atoms with van der Waals surface area (Å²) in [4.78, 5) is 12.7. The maximum Gasteiger partial charge on any atom is 0.530 e. The first-order valence-electron chi connectivity index (χ1n) is 12.3. The van der Waals surface area contributed by atoms with E-state index in [1.54, 1.807) is 6.07 Å². The summed E-state index contributed by atoms with van der Waals surface area (Å²) in [5.74, 6) is -1.83. The van der Waals surface area contributed by atoms with Crippen molar-refractivity contribution in [1.29, 1.82) is 0 Å². The molecule has 0 bridgehead atoms. The van der Waals surface area contributed by atoms with Crippen LogP contribution < -0.4 is 9.84 Å². The Morgan fingerprint density at radius 1 is 1.26 bits per heavy atom. The van der Waals surface area contributed by atoms with Gasteiger partial charge in [0.25, 0.3) is 5.91 Å². The molecule has 1 saturated heterocycles. The third kappa shape index (κ3) is 5.71. The molecule has 0 radical (unpaired) electrons. The van der Waals surface area contributed by atoms with Crippen LogP contribution in [-0.2, 0) is 40.6 Å². The summed E-state index contributed by atoms with van der Waals surface area (Å²) in [5.41, 5.74) is -0.139. The van der Waals surface area contributed by atoms with Crippen LogP contribution in [0.25, 0.3) is 0 Å². The number of terminal acetylenes is 1. The van der Waals surface area contributed by atoms with Gasteiger partial charge in [0, 0.05) is 18.2 Å². The molecule has 3 aliphatic heterocycles. The SMILES string of the molecule is C#CC1=CN([C@@H]2O[C@](F)(COP3(=O)OCc4c(F)c(C(C)(C)C)cc(C(C)(C)C)c4O3)C[C@H]2O)C(O)NC1=O. The average molecular weight is 571 g/mol. The maximum atomic E-state index is 15.6. The van der Waals surface area contributed by atoms with Crippen LogP contribution >= 0.6 is 7.82 Å². The molecule has 39 heavy (non-hydrogen) atoms. The Hall–Kier alpha value is -2.52. The Morgan fingerprint density at radius 2 is 1.90 bits per heavy atom. The second-order valence-electron chi connectivity index (χ2n) is 11.8. The number of aliphatic hydroxyl groups excluding tert-OH is 2. The Morgan fingerprint density at radius 3 is 2.49 bits per heavy atom. The van der Waals surface area contributed by atoms with Crippen LogP contribution in [0.3, 0.4) is 0 Å². The highest BCUT2D eigenvalue weighted by Gasteiger charge is 2.52. The molecule has 3 N–H and O–H groups in total. The molecule has 4 rings (SSSR count). The summed E-state index contributed by atoms with van der Waals surface area (Å²) in [6, 6.07) is 1.67. The van der Waals surface area contributed by atoms with Crippen molar-refractivity contribution in [3.05, 3.63) is 40.3 Å². The van der Waals surface area contributed by atoms with Gasteiger partial charge in [0.15, 0.2) is 6.23 Å². The molecule has 1 aromatic carbocycles. The van der Waals surface area contributed by atoms with Crippen LogP contribution in [0.2, 0.25) is 0 Å². The van der Waals surface area contributed by atoms with E-state index in [-0.39, 0.29) is 16.9 Å². The van der Waals surface area contributed by atoms with Crippen molar-refractivity contribution in [2.24, 2.45) is 0 Å². The van der Waals surface area contributed by atoms with Crippen LogP contribution in [0.4, 0.5) is 8.78 Å². The number of nitrogens with zero attached hydrogens (tertiary/aromatic N) is 1. The molecule has 10 nitrogen and oxygen atoms in total. The van der Waals surface area contributed by atoms with E-state index in [1.807, 2.05) is 41.5 Å². The topological polar surface area (TPSA) is 127 Å². The van der Waals surface area contributed by atoms with Crippen molar-refractivity contribution in [3.63, 3.8) is 0 Å². The zero-order valence-electron chi connectivity index (χ0n) is 22.6. The summed E-state index contributed by atoms with van der Waals surface area (Å²) in [5, 5.41) is 22.8. The number of phosphoric acid groups is 1. The van der Waals surface area contributed by atoms with E-state index >= 15 is 8.78 Å². The van der Waals surface area contributed by atoms with Crippen molar-refractivity contribution in [2.45, 2.75) is 89.9 Å². The van der Waals surface area contributed by atoms with Crippen LogP contribution in [0.5, 0.6) is 5.75 Å². The summed E-state index contributed by atoms with van der Waals surface area (Å²) in [6.45, 7) is 9.85. The van der Waals surface area contributed by atoms with Gasteiger partial charge in [-0.3, -0.25) is 13.8 Å². The molecule has 0 aromatic heterocycles. The molecule has 1 aromatic rings. The van der Waals surface area contributed by atoms with E-state index in [1.165, 1.54) is 0 Å². The van der Waals surface area contributed by atoms with Crippen LogP contribution in [0.1, 0.15) is 64.7 Å². The standard InChI is InChI=1S/C26H33F2N2O8P/c1-8-14-11-30(23(33)29-21(14)32)22-18(31)10-26(28,37-22)13-36-39(34)35-12-15-19(27)16(24(2,3)4)9-17(20(15)38-39)25(5,6)7/h1,9,11,18,22-23,31,33H,10,12-13H2,2-7H3,(H,29,32)/t18-,22-,23?,26+,39?/m1/s1. The maximum absolute atomic E-state index is 15.6. The van der Waals surface area contributed by atoms with Gasteiger partial charge in [-0.15, -0.1) is 6.42 Å². The Labute approximate surface area is 225 Å². The highest BCUT2D eigenvalue weighted by molar-refractivity contribution is 7.49. The first kappa shape index (κ1) is 29.5. The minimum atomic E-state index is -4.45. The van der Waals surface area contributed by atoms with E-state index < -0.39 is 74.6 Å². The second kappa shape index (κ2) is 9.84. The van der Waals surface area contributed by atoms with Gasteiger partial charge < -0.3 is 29.7 Å². The number of fused-ring (bicyclic) bond motifs is 1. The average Bonchev–Trinajstić information content (AvgIpc) is 3.11. The van der Waals surface area contributed by atoms with Gasteiger partial charge in [0.05, 0.1) is 12.2 Å². The largest absolute Gasteiger partial charge is 0.530 e. The lowest BCUT2D eigenvalue weighted by Crippen LogP contribution is -2.56. The Bertz CT molecular complexity index is 1300. The number of phosphoric ester groups is 1.